The molecule has 0 amide bonds. The van der Waals surface area contributed by atoms with Gasteiger partial charge in [-0.05, 0) is 74.6 Å². The van der Waals surface area contributed by atoms with E-state index in [1.165, 1.54) is 25.3 Å². The monoisotopic (exact) mass is 486 g/mol. The molecule has 1 fully saturated rings. The Kier molecular flexibility index (Phi) is 11.1. The lowest BCUT2D eigenvalue weighted by Crippen LogP contribution is -2.25. The summed E-state index contributed by atoms with van der Waals surface area (Å²) in [7, 11) is 0. The molecule has 1 aromatic carbocycles. The number of esters is 1. The smallest absolute Gasteiger partial charge is 0.416 e. The SMILES string of the molecule is CC(=O)O/C=C/C=C/CCC[C@@H]1[C@@H](CC[C@@H](O)COc2cccc(C(F)(F)F)c2)[C@H](O)C[C@@H]1O. The van der Waals surface area contributed by atoms with Crippen molar-refractivity contribution < 1.29 is 42.8 Å². The Morgan fingerprint density at radius 1 is 1.18 bits per heavy atom. The highest BCUT2D eigenvalue weighted by Crippen LogP contribution is 2.39. The number of hydrogen-bond donors (Lipinski definition) is 3. The molecular weight excluding hydrogens is 453 g/mol. The van der Waals surface area contributed by atoms with Crippen molar-refractivity contribution in [3.05, 3.63) is 54.3 Å². The standard InChI is InChI=1S/C25H33F3O6/c1-17(29)33-13-6-4-2-3-5-10-21-22(24(32)15-23(21)31)12-11-19(30)16-34-20-9-7-8-18(14-20)25(26,27)28/h2,4,6-9,13-14,19,21-24,30-32H,3,5,10-12,15-16H2,1H3/b4-2+,13-6+/t19-,21-,22-,23+,24-/m1/s1. The number of carbonyl (C=O) groups excluding carboxylic acids is 1. The van der Waals surface area contributed by atoms with Gasteiger partial charge in [-0.3, -0.25) is 4.79 Å². The molecule has 0 radical (unpaired) electrons. The van der Waals surface area contributed by atoms with Crippen molar-refractivity contribution in [2.45, 2.75) is 69.9 Å². The van der Waals surface area contributed by atoms with E-state index < -0.39 is 36.0 Å². The maximum absolute atomic E-state index is 12.8. The number of hydrogen-bond acceptors (Lipinski definition) is 6. The predicted molar refractivity (Wildman–Crippen MR) is 120 cm³/mol. The molecule has 1 saturated carbocycles. The van der Waals surface area contributed by atoms with E-state index in [0.29, 0.717) is 19.3 Å². The van der Waals surface area contributed by atoms with E-state index in [1.54, 1.807) is 12.2 Å². The number of rotatable bonds is 12. The topological polar surface area (TPSA) is 96.2 Å². The van der Waals surface area contributed by atoms with E-state index in [9.17, 15) is 33.3 Å². The van der Waals surface area contributed by atoms with Gasteiger partial charge in [0.25, 0.3) is 0 Å². The van der Waals surface area contributed by atoms with Crippen LogP contribution in [0.3, 0.4) is 0 Å². The van der Waals surface area contributed by atoms with Gasteiger partial charge in [0.05, 0.1) is 30.1 Å². The van der Waals surface area contributed by atoms with Crippen molar-refractivity contribution in [3.8, 4) is 5.75 Å². The summed E-state index contributed by atoms with van der Waals surface area (Å²) in [6.07, 6.45) is 3.23. The number of halogens is 3. The second kappa shape index (κ2) is 13.5. The molecular formula is C25H33F3O6. The zero-order valence-electron chi connectivity index (χ0n) is 19.2. The van der Waals surface area contributed by atoms with Gasteiger partial charge in [-0.15, -0.1) is 0 Å². The molecule has 1 aromatic rings. The first kappa shape index (κ1) is 27.9. The van der Waals surface area contributed by atoms with Gasteiger partial charge < -0.3 is 24.8 Å². The van der Waals surface area contributed by atoms with Crippen molar-refractivity contribution in [2.24, 2.45) is 11.8 Å². The molecule has 3 N–H and O–H groups in total. The molecule has 0 aliphatic heterocycles. The molecule has 190 valence electrons. The summed E-state index contributed by atoms with van der Waals surface area (Å²) in [6, 6.07) is 4.48. The second-order valence-electron chi connectivity index (χ2n) is 8.56. The van der Waals surface area contributed by atoms with Crippen LogP contribution in [0.25, 0.3) is 0 Å². The molecule has 9 heteroatoms. The maximum Gasteiger partial charge on any atom is 0.416 e. The zero-order valence-corrected chi connectivity index (χ0v) is 19.2. The largest absolute Gasteiger partial charge is 0.491 e. The Morgan fingerprint density at radius 2 is 1.88 bits per heavy atom. The second-order valence-corrected chi connectivity index (χ2v) is 8.56. The van der Waals surface area contributed by atoms with Crippen LogP contribution in [0.15, 0.2) is 48.8 Å². The Bertz CT molecular complexity index is 823. The molecule has 0 heterocycles. The lowest BCUT2D eigenvalue weighted by molar-refractivity contribution is -0.138. The highest BCUT2D eigenvalue weighted by atomic mass is 19.4. The van der Waals surface area contributed by atoms with E-state index in [4.69, 9.17) is 4.74 Å². The molecule has 1 aliphatic rings. The number of aliphatic hydroxyl groups excluding tert-OH is 3. The summed E-state index contributed by atoms with van der Waals surface area (Å²) in [6.45, 7) is 1.15. The molecule has 1 aliphatic carbocycles. The minimum absolute atomic E-state index is 0.0267. The molecule has 0 unspecified atom stereocenters. The number of unbranched alkanes of at least 4 members (excludes halogenated alkanes) is 1. The summed E-state index contributed by atoms with van der Waals surface area (Å²) >= 11 is 0. The van der Waals surface area contributed by atoms with Crippen molar-refractivity contribution in [1.29, 1.82) is 0 Å². The van der Waals surface area contributed by atoms with Gasteiger partial charge in [-0.2, -0.15) is 13.2 Å². The normalized spacial score (nSPS) is 24.1. The average Bonchev–Trinajstić information content (AvgIpc) is 3.04. The quantitative estimate of drug-likeness (QED) is 0.176. The minimum Gasteiger partial charge on any atom is -0.491 e. The lowest BCUT2D eigenvalue weighted by Gasteiger charge is -2.24. The Balaban J connectivity index is 1.76. The average molecular weight is 487 g/mol. The Labute approximate surface area is 197 Å². The van der Waals surface area contributed by atoms with Crippen LogP contribution in [-0.2, 0) is 15.7 Å². The first-order valence-electron chi connectivity index (χ1n) is 11.4. The van der Waals surface area contributed by atoms with Crippen molar-refractivity contribution in [3.63, 3.8) is 0 Å². The third-order valence-electron chi connectivity index (χ3n) is 5.93. The number of carbonyl (C=O) groups is 1. The predicted octanol–water partition coefficient (Wildman–Crippen LogP) is 4.39. The minimum atomic E-state index is -4.47. The van der Waals surface area contributed by atoms with E-state index >= 15 is 0 Å². The number of ether oxygens (including phenoxy) is 2. The Morgan fingerprint density at radius 3 is 2.56 bits per heavy atom. The van der Waals surface area contributed by atoms with Crippen LogP contribution in [0.4, 0.5) is 13.2 Å². The molecule has 0 saturated heterocycles. The van der Waals surface area contributed by atoms with E-state index in [1.807, 2.05) is 6.08 Å². The highest BCUT2D eigenvalue weighted by molar-refractivity contribution is 5.66. The van der Waals surface area contributed by atoms with Gasteiger partial charge in [0.2, 0.25) is 0 Å². The van der Waals surface area contributed by atoms with E-state index in [-0.39, 0.29) is 30.6 Å². The molecule has 34 heavy (non-hydrogen) atoms. The van der Waals surface area contributed by atoms with Gasteiger partial charge >= 0.3 is 12.1 Å². The summed E-state index contributed by atoms with van der Waals surface area (Å²) in [5.41, 5.74) is -0.819. The van der Waals surface area contributed by atoms with E-state index in [0.717, 1.165) is 25.0 Å². The molecule has 5 atom stereocenters. The van der Waals surface area contributed by atoms with Crippen molar-refractivity contribution in [1.82, 2.24) is 0 Å². The van der Waals surface area contributed by atoms with Crippen LogP contribution in [0.5, 0.6) is 5.75 Å². The third-order valence-corrected chi connectivity index (χ3v) is 5.93. The zero-order chi connectivity index (χ0) is 25.1. The molecule has 0 aromatic heterocycles. The van der Waals surface area contributed by atoms with Gasteiger partial charge in [0, 0.05) is 6.92 Å². The fourth-order valence-electron chi connectivity index (χ4n) is 4.23. The number of benzene rings is 1. The summed E-state index contributed by atoms with van der Waals surface area (Å²) < 4.78 is 48.4. The fraction of sp³-hybridized carbons (Fsp3) is 0.560. The van der Waals surface area contributed by atoms with Crippen LogP contribution in [0.1, 0.15) is 51.0 Å². The van der Waals surface area contributed by atoms with Crippen molar-refractivity contribution in [2.75, 3.05) is 6.61 Å². The van der Waals surface area contributed by atoms with Gasteiger partial charge in [0.1, 0.15) is 12.4 Å². The number of allylic oxidation sites excluding steroid dienone is 3. The van der Waals surface area contributed by atoms with Crippen LogP contribution in [0.2, 0.25) is 0 Å². The molecule has 0 bridgehead atoms. The first-order chi connectivity index (χ1) is 16.1. The van der Waals surface area contributed by atoms with E-state index in [2.05, 4.69) is 4.74 Å². The molecule has 6 nitrogen and oxygen atoms in total. The van der Waals surface area contributed by atoms with Crippen LogP contribution in [-0.4, -0.2) is 46.2 Å². The van der Waals surface area contributed by atoms with Gasteiger partial charge in [-0.1, -0.05) is 18.2 Å². The van der Waals surface area contributed by atoms with Crippen molar-refractivity contribution >= 4 is 5.97 Å². The first-order valence-corrected chi connectivity index (χ1v) is 11.4. The molecule has 0 spiro atoms. The van der Waals surface area contributed by atoms with Crippen LogP contribution in [0, 0.1) is 11.8 Å². The Hall–Kier alpha value is -2.36. The van der Waals surface area contributed by atoms with Gasteiger partial charge in [-0.25, -0.2) is 0 Å². The third kappa shape index (κ3) is 9.48. The van der Waals surface area contributed by atoms with Crippen LogP contribution >= 0.6 is 0 Å². The summed E-state index contributed by atoms with van der Waals surface area (Å²) in [5, 5.41) is 31.0. The summed E-state index contributed by atoms with van der Waals surface area (Å²) in [5.74, 6) is -0.640. The maximum atomic E-state index is 12.8. The van der Waals surface area contributed by atoms with Crippen LogP contribution < -0.4 is 4.74 Å². The highest BCUT2D eigenvalue weighted by Gasteiger charge is 2.40. The lowest BCUT2D eigenvalue weighted by atomic mass is 9.85. The fourth-order valence-corrected chi connectivity index (χ4v) is 4.23. The number of alkyl halides is 3. The molecule has 2 rings (SSSR count). The van der Waals surface area contributed by atoms with Gasteiger partial charge in [0.15, 0.2) is 0 Å². The number of aliphatic hydroxyl groups is 3. The summed E-state index contributed by atoms with van der Waals surface area (Å²) in [4.78, 5) is 10.7.